The minimum absolute atomic E-state index is 0.0631. The Labute approximate surface area is 270 Å². The predicted octanol–water partition coefficient (Wildman–Crippen LogP) is 5.22. The van der Waals surface area contributed by atoms with Crippen LogP contribution >= 0.6 is 22.6 Å². The molecule has 3 rings (SSSR count). The Morgan fingerprint density at radius 3 is 1.61 bits per heavy atom. The molecule has 0 saturated carbocycles. The van der Waals surface area contributed by atoms with E-state index in [1.54, 1.807) is 55.5 Å². The highest BCUT2D eigenvalue weighted by Gasteiger charge is 2.39. The third-order valence-corrected chi connectivity index (χ3v) is 7.26. The molecule has 0 fully saturated rings. The van der Waals surface area contributed by atoms with Gasteiger partial charge in [0.2, 0.25) is 0 Å². The molecule has 2 atom stereocenters. The van der Waals surface area contributed by atoms with Gasteiger partial charge in [0.15, 0.2) is 5.72 Å². The summed E-state index contributed by atoms with van der Waals surface area (Å²) in [6, 6.07) is 23.1. The van der Waals surface area contributed by atoms with E-state index in [2.05, 4.69) is 27.9 Å². The van der Waals surface area contributed by atoms with E-state index in [9.17, 15) is 31.1 Å². The van der Waals surface area contributed by atoms with Crippen molar-refractivity contribution in [3.05, 3.63) is 101 Å². The Kier molecular flexibility index (Phi) is 14.0. The summed E-state index contributed by atoms with van der Waals surface area (Å²) in [4.78, 5) is 30.9. The molecule has 18 heteroatoms. The van der Waals surface area contributed by atoms with Gasteiger partial charge in [0.25, 0.3) is 5.91 Å². The summed E-state index contributed by atoms with van der Waals surface area (Å²) in [7, 11) is 0. The monoisotopic (exact) mass is 769 g/mol. The van der Waals surface area contributed by atoms with Crippen LogP contribution in [0.3, 0.4) is 0 Å². The molecular formula is C28H26F6IN5O6. The van der Waals surface area contributed by atoms with Gasteiger partial charge in [-0.25, -0.2) is 9.59 Å². The molecule has 0 radical (unpaired) electrons. The normalized spacial score (nSPS) is 12.8. The molecule has 248 valence electrons. The average molecular weight is 769 g/mol. The van der Waals surface area contributed by atoms with Crippen LogP contribution in [0.25, 0.3) is 0 Å². The highest BCUT2D eigenvalue weighted by atomic mass is 127. The maximum Gasteiger partial charge on any atom is 0.490 e. The fourth-order valence-corrected chi connectivity index (χ4v) is 3.85. The quantitative estimate of drug-likeness (QED) is 0.0402. The van der Waals surface area contributed by atoms with Gasteiger partial charge in [0.05, 0.1) is 3.92 Å². The number of halogens is 7. The van der Waals surface area contributed by atoms with Gasteiger partial charge in [-0.2, -0.15) is 26.3 Å². The zero-order valence-corrected chi connectivity index (χ0v) is 25.6. The number of amidine groups is 2. The highest BCUT2D eigenvalue weighted by Crippen LogP contribution is 2.37. The Morgan fingerprint density at radius 2 is 1.20 bits per heavy atom. The molecular weight excluding hydrogens is 743 g/mol. The number of hydrogen-bond acceptors (Lipinski definition) is 6. The molecule has 0 aromatic heterocycles. The lowest BCUT2D eigenvalue weighted by atomic mass is 10.0. The van der Waals surface area contributed by atoms with Crippen LogP contribution in [0.5, 0.6) is 5.75 Å². The van der Waals surface area contributed by atoms with Crippen LogP contribution in [-0.2, 0) is 9.59 Å². The first-order valence-electron chi connectivity index (χ1n) is 12.3. The van der Waals surface area contributed by atoms with Crippen molar-refractivity contribution in [3.63, 3.8) is 0 Å². The van der Waals surface area contributed by atoms with Crippen molar-refractivity contribution in [2.24, 2.45) is 11.5 Å². The van der Waals surface area contributed by atoms with Gasteiger partial charge < -0.3 is 31.7 Å². The molecule has 9 N–H and O–H groups in total. The van der Waals surface area contributed by atoms with E-state index < -0.39 is 30.0 Å². The first kappa shape index (κ1) is 39.1. The second-order valence-corrected chi connectivity index (χ2v) is 10.2. The number of ether oxygens (including phenoxy) is 1. The Bertz CT molecular complexity index is 1510. The van der Waals surface area contributed by atoms with Gasteiger partial charge in [-0.3, -0.25) is 15.6 Å². The van der Waals surface area contributed by atoms with Crippen LogP contribution in [0, 0.1) is 10.8 Å². The van der Waals surface area contributed by atoms with Crippen LogP contribution in [-0.4, -0.2) is 57.8 Å². The molecule has 0 spiro atoms. The lowest BCUT2D eigenvalue weighted by Crippen LogP contribution is -2.53. The first-order chi connectivity index (χ1) is 21.1. The number of nitrogens with one attached hydrogen (secondary N) is 3. The van der Waals surface area contributed by atoms with Gasteiger partial charge >= 0.3 is 24.3 Å². The number of amides is 1. The van der Waals surface area contributed by atoms with Crippen molar-refractivity contribution in [1.29, 1.82) is 10.8 Å². The number of carboxylic acid groups (broad SMARTS) is 2. The van der Waals surface area contributed by atoms with Crippen LogP contribution in [0.2, 0.25) is 0 Å². The zero-order chi connectivity index (χ0) is 35.5. The zero-order valence-electron chi connectivity index (χ0n) is 23.4. The minimum Gasteiger partial charge on any atom is -0.475 e. The van der Waals surface area contributed by atoms with Gasteiger partial charge in [-0.15, -0.1) is 0 Å². The lowest BCUT2D eigenvalue weighted by Gasteiger charge is -2.36. The Hall–Kier alpha value is -4.88. The topological polar surface area (TPSA) is 213 Å². The van der Waals surface area contributed by atoms with E-state index in [1.165, 1.54) is 0 Å². The summed E-state index contributed by atoms with van der Waals surface area (Å²) in [5.41, 5.74) is 12.5. The number of benzene rings is 3. The predicted molar refractivity (Wildman–Crippen MR) is 162 cm³/mol. The number of carbonyl (C=O) groups excluding carboxylic acids is 1. The number of aliphatic carboxylic acids is 2. The molecule has 0 aliphatic heterocycles. The van der Waals surface area contributed by atoms with Crippen molar-refractivity contribution in [1.82, 2.24) is 5.32 Å². The molecule has 0 saturated heterocycles. The summed E-state index contributed by atoms with van der Waals surface area (Å²) < 4.78 is 69.5. The fraction of sp³-hybridized carbons (Fsp3) is 0.179. The Morgan fingerprint density at radius 1 is 0.761 bits per heavy atom. The van der Waals surface area contributed by atoms with E-state index in [0.29, 0.717) is 22.4 Å². The SMILES string of the molecule is CC(NC(=O)c1ccc(C(=N)N)cc1)(Oc1cccc(C(=N)N)c1)C(I)c1ccccc1.O=C(O)C(F)(F)F.O=C(O)C(F)(F)F. The van der Waals surface area contributed by atoms with Gasteiger partial charge in [0.1, 0.15) is 17.4 Å². The van der Waals surface area contributed by atoms with Gasteiger partial charge in [-0.1, -0.05) is 77.2 Å². The summed E-state index contributed by atoms with van der Waals surface area (Å²) in [5, 5.41) is 32.5. The van der Waals surface area contributed by atoms with Crippen molar-refractivity contribution in [3.8, 4) is 5.75 Å². The molecule has 1 amide bonds. The van der Waals surface area contributed by atoms with Crippen molar-refractivity contribution < 1.29 is 55.7 Å². The second-order valence-electron chi connectivity index (χ2n) is 8.97. The first-order valence-corrected chi connectivity index (χ1v) is 13.5. The fourth-order valence-electron chi connectivity index (χ4n) is 3.15. The molecule has 0 heterocycles. The summed E-state index contributed by atoms with van der Waals surface area (Å²) >= 11 is 2.25. The number of carboxylic acids is 2. The molecule has 0 aliphatic rings. The van der Waals surface area contributed by atoms with Crippen molar-refractivity contribution >= 4 is 52.1 Å². The van der Waals surface area contributed by atoms with Crippen LogP contribution in [0.15, 0.2) is 78.9 Å². The van der Waals surface area contributed by atoms with E-state index in [-0.39, 0.29) is 21.5 Å². The van der Waals surface area contributed by atoms with Gasteiger partial charge in [0, 0.05) is 16.7 Å². The average Bonchev–Trinajstić information content (AvgIpc) is 2.97. The maximum atomic E-state index is 13.1. The second kappa shape index (κ2) is 16.4. The maximum absolute atomic E-state index is 13.1. The molecule has 0 aliphatic carbocycles. The summed E-state index contributed by atoms with van der Waals surface area (Å²) in [6.45, 7) is 1.80. The molecule has 3 aromatic rings. The largest absolute Gasteiger partial charge is 0.490 e. The molecule has 3 aromatic carbocycles. The van der Waals surface area contributed by atoms with Crippen LogP contribution in [0.4, 0.5) is 26.3 Å². The minimum atomic E-state index is -5.08. The summed E-state index contributed by atoms with van der Waals surface area (Å²) in [5.74, 6) is -5.50. The number of hydrogen-bond donors (Lipinski definition) is 7. The smallest absolute Gasteiger partial charge is 0.475 e. The molecule has 11 nitrogen and oxygen atoms in total. The third kappa shape index (κ3) is 12.6. The number of rotatable bonds is 8. The Balaban J connectivity index is 0.000000629. The molecule has 46 heavy (non-hydrogen) atoms. The van der Waals surface area contributed by atoms with E-state index in [1.807, 2.05) is 30.3 Å². The van der Waals surface area contributed by atoms with E-state index in [4.69, 9.17) is 46.8 Å². The third-order valence-electron chi connectivity index (χ3n) is 5.36. The number of carbonyl (C=O) groups is 3. The van der Waals surface area contributed by atoms with Gasteiger partial charge in [-0.05, 0) is 36.8 Å². The lowest BCUT2D eigenvalue weighted by molar-refractivity contribution is -0.193. The highest BCUT2D eigenvalue weighted by molar-refractivity contribution is 14.1. The molecule has 2 unspecified atom stereocenters. The molecule has 0 bridgehead atoms. The number of nitrogen functional groups attached to an aromatic ring is 2. The standard InChI is InChI=1S/C24H24IN5O2.2C2HF3O2/c1-24(20(25)15-6-3-2-4-7-15,32-19-9-5-8-18(14-19)22(28)29)30-23(31)17-12-10-16(11-13-17)21(26)27;2*3-2(4,5)1(6)7/h2-14,20H,1H3,(H3,26,27)(H3,28,29)(H,30,31);2*(H,6,7). The van der Waals surface area contributed by atoms with Crippen LogP contribution in [0.1, 0.15) is 37.9 Å². The number of nitrogens with two attached hydrogens (primary N) is 2. The summed E-state index contributed by atoms with van der Waals surface area (Å²) in [6.07, 6.45) is -10.2. The number of alkyl halides is 7. The van der Waals surface area contributed by atoms with E-state index >= 15 is 0 Å². The van der Waals surface area contributed by atoms with Crippen molar-refractivity contribution in [2.75, 3.05) is 0 Å². The van der Waals surface area contributed by atoms with E-state index in [0.717, 1.165) is 5.56 Å². The van der Waals surface area contributed by atoms with Crippen LogP contribution < -0.4 is 21.5 Å². The van der Waals surface area contributed by atoms with Crippen molar-refractivity contribution in [2.45, 2.75) is 28.9 Å².